The molecule has 0 heterocycles. The number of ketones is 2. The molecule has 0 aliphatic heterocycles. The molecular formula is C20H18O6. The van der Waals surface area contributed by atoms with Gasteiger partial charge in [0.1, 0.15) is 0 Å². The molecule has 26 heavy (non-hydrogen) atoms. The van der Waals surface area contributed by atoms with Crippen molar-refractivity contribution in [2.24, 2.45) is 0 Å². The summed E-state index contributed by atoms with van der Waals surface area (Å²) in [5, 5.41) is 0. The van der Waals surface area contributed by atoms with Crippen LogP contribution in [0.3, 0.4) is 0 Å². The maximum atomic E-state index is 11.9. The first-order valence-electron chi connectivity index (χ1n) is 8.11. The Labute approximate surface area is 150 Å². The molecule has 0 atom stereocenters. The number of carbonyl (C=O) groups is 4. The van der Waals surface area contributed by atoms with Crippen LogP contribution >= 0.6 is 0 Å². The minimum atomic E-state index is -0.887. The van der Waals surface area contributed by atoms with Crippen LogP contribution in [0.5, 0.6) is 0 Å². The molecule has 0 bridgehead atoms. The third-order valence-electron chi connectivity index (χ3n) is 3.55. The molecule has 0 amide bonds. The van der Waals surface area contributed by atoms with Crippen LogP contribution in [-0.4, -0.2) is 36.7 Å². The SMILES string of the molecule is CCOC(=O)C(=O)c1ccc(-c2ccc(C(=O)C(=O)OCC)cc2)cc1. The predicted octanol–water partition coefficient (Wildman–Crippen LogP) is 2.85. The van der Waals surface area contributed by atoms with E-state index in [0.29, 0.717) is 0 Å². The number of hydrogen-bond donors (Lipinski definition) is 0. The highest BCUT2D eigenvalue weighted by atomic mass is 16.5. The summed E-state index contributed by atoms with van der Waals surface area (Å²) in [7, 11) is 0. The lowest BCUT2D eigenvalue weighted by atomic mass is 10.0. The first-order valence-corrected chi connectivity index (χ1v) is 8.11. The first-order chi connectivity index (χ1) is 12.5. The van der Waals surface area contributed by atoms with Crippen molar-refractivity contribution in [2.45, 2.75) is 13.8 Å². The lowest BCUT2D eigenvalue weighted by Crippen LogP contribution is -2.17. The molecule has 134 valence electrons. The lowest BCUT2D eigenvalue weighted by Gasteiger charge is -2.06. The molecule has 0 N–H and O–H groups in total. The lowest BCUT2D eigenvalue weighted by molar-refractivity contribution is -0.138. The van der Waals surface area contributed by atoms with Crippen LogP contribution in [0.4, 0.5) is 0 Å². The molecule has 6 nitrogen and oxygen atoms in total. The standard InChI is InChI=1S/C20H18O6/c1-3-25-19(23)17(21)15-9-5-13(6-10-15)14-7-11-16(12-8-14)18(22)20(24)26-4-2/h5-12H,3-4H2,1-2H3. The number of carbonyl (C=O) groups excluding carboxylic acids is 4. The second-order valence-corrected chi connectivity index (χ2v) is 5.25. The van der Waals surface area contributed by atoms with Crippen molar-refractivity contribution < 1.29 is 28.7 Å². The highest BCUT2D eigenvalue weighted by Crippen LogP contribution is 2.21. The van der Waals surface area contributed by atoms with Gasteiger partial charge in [0.2, 0.25) is 0 Å². The molecule has 0 saturated heterocycles. The van der Waals surface area contributed by atoms with E-state index < -0.39 is 23.5 Å². The van der Waals surface area contributed by atoms with Crippen molar-refractivity contribution >= 4 is 23.5 Å². The number of hydrogen-bond acceptors (Lipinski definition) is 6. The Morgan fingerprint density at radius 1 is 0.615 bits per heavy atom. The van der Waals surface area contributed by atoms with Gasteiger partial charge in [-0.3, -0.25) is 9.59 Å². The highest BCUT2D eigenvalue weighted by molar-refractivity contribution is 6.41. The quantitative estimate of drug-likeness (QED) is 0.432. The molecule has 0 radical (unpaired) electrons. The number of ether oxygens (including phenoxy) is 2. The number of rotatable bonds is 7. The van der Waals surface area contributed by atoms with E-state index in [9.17, 15) is 19.2 Å². The minimum absolute atomic E-state index is 0.138. The Bertz CT molecular complexity index is 747. The normalized spacial score (nSPS) is 10.1. The van der Waals surface area contributed by atoms with E-state index in [1.165, 1.54) is 24.3 Å². The van der Waals surface area contributed by atoms with E-state index in [4.69, 9.17) is 0 Å². The average molecular weight is 354 g/mol. The number of esters is 2. The van der Waals surface area contributed by atoms with E-state index in [0.717, 1.165) is 11.1 Å². The van der Waals surface area contributed by atoms with E-state index in [-0.39, 0.29) is 24.3 Å². The Hall–Kier alpha value is -3.28. The summed E-state index contributed by atoms with van der Waals surface area (Å²) >= 11 is 0. The van der Waals surface area contributed by atoms with Crippen molar-refractivity contribution in [3.63, 3.8) is 0 Å². The Balaban J connectivity index is 2.14. The Kier molecular flexibility index (Phi) is 6.38. The van der Waals surface area contributed by atoms with Crippen LogP contribution in [0.2, 0.25) is 0 Å². The summed E-state index contributed by atoms with van der Waals surface area (Å²) in [5.74, 6) is -3.17. The van der Waals surface area contributed by atoms with Gasteiger partial charge in [-0.25, -0.2) is 9.59 Å². The summed E-state index contributed by atoms with van der Waals surface area (Å²) in [6.45, 7) is 3.54. The van der Waals surface area contributed by atoms with Gasteiger partial charge in [0, 0.05) is 11.1 Å². The zero-order valence-corrected chi connectivity index (χ0v) is 14.5. The van der Waals surface area contributed by atoms with Gasteiger partial charge in [-0.05, 0) is 25.0 Å². The van der Waals surface area contributed by atoms with Crippen molar-refractivity contribution in [3.05, 3.63) is 59.7 Å². The molecule has 0 aliphatic carbocycles. The van der Waals surface area contributed by atoms with Crippen molar-refractivity contribution in [1.82, 2.24) is 0 Å². The van der Waals surface area contributed by atoms with Crippen molar-refractivity contribution in [3.8, 4) is 11.1 Å². The molecule has 0 saturated carbocycles. The van der Waals surface area contributed by atoms with Crippen LogP contribution in [0.15, 0.2) is 48.5 Å². The second kappa shape index (κ2) is 8.71. The fourth-order valence-electron chi connectivity index (χ4n) is 2.26. The van der Waals surface area contributed by atoms with Crippen LogP contribution in [0.25, 0.3) is 11.1 Å². The zero-order valence-electron chi connectivity index (χ0n) is 14.5. The molecule has 0 aliphatic rings. The van der Waals surface area contributed by atoms with Crippen molar-refractivity contribution in [1.29, 1.82) is 0 Å². The maximum Gasteiger partial charge on any atom is 0.379 e. The van der Waals surface area contributed by atoms with Crippen LogP contribution in [0, 0.1) is 0 Å². The van der Waals surface area contributed by atoms with E-state index in [1.807, 2.05) is 0 Å². The molecule has 0 unspecified atom stereocenters. The average Bonchev–Trinajstić information content (AvgIpc) is 2.67. The van der Waals surface area contributed by atoms with Crippen molar-refractivity contribution in [2.75, 3.05) is 13.2 Å². The number of Topliss-reactive ketones (excluding diaryl/α,β-unsaturated/α-hetero) is 2. The van der Waals surface area contributed by atoms with Gasteiger partial charge in [0.25, 0.3) is 11.6 Å². The maximum absolute atomic E-state index is 11.9. The van der Waals surface area contributed by atoms with Gasteiger partial charge >= 0.3 is 11.9 Å². The molecule has 0 spiro atoms. The van der Waals surface area contributed by atoms with Gasteiger partial charge in [0.15, 0.2) is 0 Å². The van der Waals surface area contributed by atoms with Crippen LogP contribution in [-0.2, 0) is 19.1 Å². The Morgan fingerprint density at radius 3 is 1.19 bits per heavy atom. The van der Waals surface area contributed by atoms with Gasteiger partial charge in [0.05, 0.1) is 13.2 Å². The summed E-state index contributed by atoms with van der Waals surface area (Å²) < 4.78 is 9.37. The Morgan fingerprint density at radius 2 is 0.923 bits per heavy atom. The minimum Gasteiger partial charge on any atom is -0.460 e. The summed E-state index contributed by atoms with van der Waals surface area (Å²) in [6.07, 6.45) is 0. The van der Waals surface area contributed by atoms with Crippen LogP contribution < -0.4 is 0 Å². The zero-order chi connectivity index (χ0) is 19.1. The topological polar surface area (TPSA) is 86.7 Å². The molecule has 2 aromatic rings. The van der Waals surface area contributed by atoms with Gasteiger partial charge < -0.3 is 9.47 Å². The smallest absolute Gasteiger partial charge is 0.379 e. The van der Waals surface area contributed by atoms with Gasteiger partial charge in [-0.15, -0.1) is 0 Å². The van der Waals surface area contributed by atoms with E-state index >= 15 is 0 Å². The molecular weight excluding hydrogens is 336 g/mol. The van der Waals surface area contributed by atoms with Gasteiger partial charge in [-0.1, -0.05) is 48.5 Å². The van der Waals surface area contributed by atoms with Gasteiger partial charge in [-0.2, -0.15) is 0 Å². The molecule has 2 rings (SSSR count). The highest BCUT2D eigenvalue weighted by Gasteiger charge is 2.18. The first kappa shape index (κ1) is 19.1. The monoisotopic (exact) mass is 354 g/mol. The summed E-state index contributed by atoms with van der Waals surface area (Å²) in [6, 6.07) is 12.9. The fraction of sp³-hybridized carbons (Fsp3) is 0.200. The third-order valence-corrected chi connectivity index (χ3v) is 3.55. The molecule has 0 fully saturated rings. The molecule has 0 aromatic heterocycles. The number of benzene rings is 2. The molecule has 6 heteroatoms. The third kappa shape index (κ3) is 4.42. The molecule has 2 aromatic carbocycles. The van der Waals surface area contributed by atoms with Crippen LogP contribution in [0.1, 0.15) is 34.6 Å². The van der Waals surface area contributed by atoms with E-state index in [1.54, 1.807) is 38.1 Å². The fourth-order valence-corrected chi connectivity index (χ4v) is 2.26. The second-order valence-electron chi connectivity index (χ2n) is 5.25. The largest absolute Gasteiger partial charge is 0.460 e. The summed E-state index contributed by atoms with van der Waals surface area (Å²) in [4.78, 5) is 46.6. The predicted molar refractivity (Wildman–Crippen MR) is 93.8 cm³/mol. The summed E-state index contributed by atoms with van der Waals surface area (Å²) in [5.41, 5.74) is 2.06. The van der Waals surface area contributed by atoms with E-state index in [2.05, 4.69) is 9.47 Å².